The Morgan fingerprint density at radius 1 is 0.394 bits per heavy atom. The van der Waals surface area contributed by atoms with Crippen LogP contribution in [0.25, 0.3) is 0 Å². The predicted molar refractivity (Wildman–Crippen MR) is 157 cm³/mol. The molecule has 3 saturated carbocycles. The van der Waals surface area contributed by atoms with Crippen LogP contribution in [0.5, 0.6) is 0 Å². The van der Waals surface area contributed by atoms with Gasteiger partial charge in [0.15, 0.2) is 0 Å². The summed E-state index contributed by atoms with van der Waals surface area (Å²) in [6.07, 6.45) is 36.3. The molecule has 1 heterocycles. The molecule has 0 spiro atoms. The first kappa shape index (κ1) is 27.3. The normalized spacial score (nSPS) is 34.6. The largest absolute Gasteiger partial charge is 0.306 e. The van der Waals surface area contributed by atoms with Crippen LogP contribution in [0.15, 0.2) is 0 Å². The van der Waals surface area contributed by atoms with Crippen molar-refractivity contribution in [2.45, 2.75) is 126 Å². The smallest absolute Gasteiger partial charge is 0.00179 e. The van der Waals surface area contributed by atoms with E-state index in [0.717, 1.165) is 17.0 Å². The van der Waals surface area contributed by atoms with Crippen LogP contribution in [0.1, 0.15) is 109 Å². The van der Waals surface area contributed by atoms with E-state index in [1.54, 1.807) is 127 Å². The Hall–Kier alpha value is 1.25. The molecule has 4 fully saturated rings. The maximum absolute atomic E-state index is 2.77. The summed E-state index contributed by atoms with van der Waals surface area (Å²) in [5.74, 6) is 0. The minimum Gasteiger partial charge on any atom is -0.306 e. The molecule has 192 valence electrons. The van der Waals surface area contributed by atoms with Crippen molar-refractivity contribution in [3.63, 3.8) is 0 Å². The van der Waals surface area contributed by atoms with Crippen molar-refractivity contribution in [1.29, 1.82) is 0 Å². The summed E-state index contributed by atoms with van der Waals surface area (Å²) in [6, 6.07) is 0. The van der Waals surface area contributed by atoms with Gasteiger partial charge in [0.1, 0.15) is 0 Å². The average Bonchev–Trinajstić information content (AvgIpc) is 2.88. The summed E-state index contributed by atoms with van der Waals surface area (Å²) in [7, 11) is 3.38. The van der Waals surface area contributed by atoms with Crippen LogP contribution < -0.4 is 0 Å². The Kier molecular flexibility index (Phi) is 12.8. The summed E-state index contributed by atoms with van der Waals surface area (Å²) in [4.78, 5) is 2.77. The molecule has 4 aliphatic rings. The van der Waals surface area contributed by atoms with E-state index >= 15 is 0 Å². The maximum Gasteiger partial charge on any atom is 0.00179 e. The highest BCUT2D eigenvalue weighted by atomic mass is 31.1. The van der Waals surface area contributed by atoms with Gasteiger partial charge in [0.2, 0.25) is 0 Å². The molecule has 0 aromatic carbocycles. The maximum atomic E-state index is 2.77. The zero-order chi connectivity index (χ0) is 22.7. The van der Waals surface area contributed by atoms with E-state index in [-0.39, 0.29) is 15.8 Å². The number of rotatable bonds is 3. The van der Waals surface area contributed by atoms with Gasteiger partial charge in [-0.05, 0) is 112 Å². The zero-order valence-electron chi connectivity index (χ0n) is 22.2. The van der Waals surface area contributed by atoms with Gasteiger partial charge in [-0.3, -0.25) is 0 Å². The standard InChI is InChI=1S/C29H56NP3/c1-30-19-25-32(28-15-7-3-8-16-28)23-11-21-31(27-13-5-2-6-14-27)22-12-24-33(26-20-30)29-17-9-4-10-18-29/h27-29H,2-26H2,1H3. The van der Waals surface area contributed by atoms with Crippen molar-refractivity contribution in [2.75, 3.05) is 57.1 Å². The molecule has 3 aliphatic carbocycles. The van der Waals surface area contributed by atoms with Crippen molar-refractivity contribution in [1.82, 2.24) is 4.90 Å². The first-order chi connectivity index (χ1) is 16.3. The lowest BCUT2D eigenvalue weighted by molar-refractivity contribution is 0.376. The number of nitrogens with zero attached hydrogens (tertiary/aromatic N) is 1. The van der Waals surface area contributed by atoms with E-state index < -0.39 is 0 Å². The minimum atomic E-state index is 0.289. The summed E-state index contributed by atoms with van der Waals surface area (Å²) in [5, 5.41) is 0. The van der Waals surface area contributed by atoms with Crippen LogP contribution >= 0.6 is 23.8 Å². The van der Waals surface area contributed by atoms with E-state index in [1.807, 2.05) is 0 Å². The second-order valence-electron chi connectivity index (χ2n) is 12.0. The Balaban J connectivity index is 1.40. The van der Waals surface area contributed by atoms with E-state index in [4.69, 9.17) is 0 Å². The lowest BCUT2D eigenvalue weighted by atomic mass is 10.0. The highest BCUT2D eigenvalue weighted by Crippen LogP contribution is 2.54. The first-order valence-corrected chi connectivity index (χ1v) is 20.5. The molecule has 0 radical (unpaired) electrons. The van der Waals surface area contributed by atoms with Crippen molar-refractivity contribution >= 4 is 23.8 Å². The first-order valence-electron chi connectivity index (χ1n) is 15.2. The van der Waals surface area contributed by atoms with E-state index in [1.165, 1.54) is 32.4 Å². The lowest BCUT2D eigenvalue weighted by Crippen LogP contribution is -2.28. The van der Waals surface area contributed by atoms with E-state index in [9.17, 15) is 0 Å². The third-order valence-electron chi connectivity index (χ3n) is 9.59. The second-order valence-corrected chi connectivity index (χ2v) is 20.4. The predicted octanol–water partition coefficient (Wildman–Crippen LogP) is 9.16. The molecule has 2 atom stereocenters. The molecule has 2 unspecified atom stereocenters. The quantitative estimate of drug-likeness (QED) is 0.342. The third kappa shape index (κ3) is 9.25. The van der Waals surface area contributed by atoms with Crippen molar-refractivity contribution in [3.8, 4) is 0 Å². The topological polar surface area (TPSA) is 3.24 Å². The minimum absolute atomic E-state index is 0.289. The molecular formula is C29H56NP3. The van der Waals surface area contributed by atoms with Crippen molar-refractivity contribution in [2.24, 2.45) is 0 Å². The fraction of sp³-hybridized carbons (Fsp3) is 1.00. The van der Waals surface area contributed by atoms with Crippen LogP contribution in [0, 0.1) is 0 Å². The zero-order valence-corrected chi connectivity index (χ0v) is 24.9. The van der Waals surface area contributed by atoms with E-state index in [2.05, 4.69) is 11.9 Å². The Labute approximate surface area is 211 Å². The molecule has 0 aromatic rings. The van der Waals surface area contributed by atoms with Crippen LogP contribution in [-0.2, 0) is 0 Å². The Morgan fingerprint density at radius 3 is 1.03 bits per heavy atom. The second kappa shape index (κ2) is 15.5. The molecule has 0 N–H and O–H groups in total. The van der Waals surface area contributed by atoms with E-state index in [0.29, 0.717) is 7.92 Å². The summed E-state index contributed by atoms with van der Waals surface area (Å²) < 4.78 is 0. The van der Waals surface area contributed by atoms with Crippen molar-refractivity contribution < 1.29 is 0 Å². The highest BCUT2D eigenvalue weighted by Gasteiger charge is 2.28. The third-order valence-corrected chi connectivity index (χ3v) is 19.4. The molecule has 33 heavy (non-hydrogen) atoms. The molecule has 4 heteroatoms. The van der Waals surface area contributed by atoms with Gasteiger partial charge in [-0.2, -0.15) is 0 Å². The Morgan fingerprint density at radius 2 is 0.697 bits per heavy atom. The van der Waals surface area contributed by atoms with Gasteiger partial charge in [0.05, 0.1) is 0 Å². The molecular weight excluding hydrogens is 455 g/mol. The summed E-state index contributed by atoms with van der Waals surface area (Å²) in [6.45, 7) is 2.82. The van der Waals surface area contributed by atoms with Gasteiger partial charge in [0.25, 0.3) is 0 Å². The van der Waals surface area contributed by atoms with Gasteiger partial charge >= 0.3 is 0 Å². The lowest BCUT2D eigenvalue weighted by Gasteiger charge is -2.36. The fourth-order valence-corrected chi connectivity index (χ4v) is 17.5. The van der Waals surface area contributed by atoms with Gasteiger partial charge in [0, 0.05) is 13.1 Å². The molecule has 0 bridgehead atoms. The van der Waals surface area contributed by atoms with Crippen LogP contribution in [0.2, 0.25) is 0 Å². The highest BCUT2D eigenvalue weighted by molar-refractivity contribution is 7.60. The van der Waals surface area contributed by atoms with Crippen molar-refractivity contribution in [3.05, 3.63) is 0 Å². The van der Waals surface area contributed by atoms with Crippen LogP contribution in [-0.4, -0.2) is 79.0 Å². The van der Waals surface area contributed by atoms with Gasteiger partial charge in [-0.1, -0.05) is 57.8 Å². The molecule has 1 aliphatic heterocycles. The van der Waals surface area contributed by atoms with Gasteiger partial charge in [-0.25, -0.2) is 0 Å². The average molecular weight is 512 g/mol. The summed E-state index contributed by atoms with van der Waals surface area (Å²) in [5.41, 5.74) is 3.43. The van der Waals surface area contributed by atoms with Gasteiger partial charge < -0.3 is 4.90 Å². The number of hydrogen-bond donors (Lipinski definition) is 0. The molecule has 0 amide bonds. The number of hydrogen-bond acceptors (Lipinski definition) is 1. The SMILES string of the molecule is CN1CCP(C2CCCCC2)CCCP(C2CCCCC2)CCCP(C2CCCCC2)CC1. The molecule has 1 saturated heterocycles. The Bertz CT molecular complexity index is 475. The van der Waals surface area contributed by atoms with Crippen LogP contribution in [0.3, 0.4) is 0 Å². The van der Waals surface area contributed by atoms with Crippen LogP contribution in [0.4, 0.5) is 0 Å². The van der Waals surface area contributed by atoms with Gasteiger partial charge in [-0.15, -0.1) is 23.8 Å². The fourth-order valence-electron chi connectivity index (χ4n) is 7.43. The molecule has 4 rings (SSSR count). The molecule has 1 nitrogen and oxygen atoms in total. The summed E-state index contributed by atoms with van der Waals surface area (Å²) >= 11 is 0. The monoisotopic (exact) mass is 511 g/mol. The molecule has 0 aromatic heterocycles.